The lowest BCUT2D eigenvalue weighted by atomic mass is 10.1. The summed E-state index contributed by atoms with van der Waals surface area (Å²) in [5.41, 5.74) is 0.494. The van der Waals surface area contributed by atoms with Gasteiger partial charge in [-0.2, -0.15) is 0 Å². The van der Waals surface area contributed by atoms with E-state index >= 15 is 0 Å². The molecular formula is C12H14FNO4. The first-order chi connectivity index (χ1) is 8.56. The summed E-state index contributed by atoms with van der Waals surface area (Å²) >= 11 is 0. The number of carbonyl (C=O) groups is 1. The summed E-state index contributed by atoms with van der Waals surface area (Å²) in [6, 6.07) is 3.92. The van der Waals surface area contributed by atoms with Crippen LogP contribution in [0.4, 0.5) is 9.18 Å². The second-order valence-electron chi connectivity index (χ2n) is 4.08. The minimum absolute atomic E-state index is 0.113. The second kappa shape index (κ2) is 5.22. The van der Waals surface area contributed by atoms with Gasteiger partial charge in [-0.1, -0.05) is 0 Å². The number of aliphatic hydroxyl groups is 1. The van der Waals surface area contributed by atoms with Crippen molar-refractivity contribution in [2.75, 3.05) is 13.2 Å². The molecule has 0 aliphatic carbocycles. The van der Waals surface area contributed by atoms with Crippen LogP contribution in [0.15, 0.2) is 18.2 Å². The van der Waals surface area contributed by atoms with Crippen molar-refractivity contribution in [1.29, 1.82) is 0 Å². The standard InChI is InChI=1S/C12H14FNO4/c1-7(15)10-3-2-8(13)4-11(10)17-6-9-5-14-12(16)18-9/h2-4,7,9,15H,5-6H2,1H3,(H,14,16)/t7-,9?/m0/s1. The number of aliphatic hydroxyl groups excluding tert-OH is 1. The van der Waals surface area contributed by atoms with E-state index in [-0.39, 0.29) is 12.4 Å². The maximum absolute atomic E-state index is 13.1. The molecule has 1 amide bonds. The van der Waals surface area contributed by atoms with E-state index in [9.17, 15) is 14.3 Å². The summed E-state index contributed by atoms with van der Waals surface area (Å²) in [5, 5.41) is 12.0. The number of nitrogens with one attached hydrogen (secondary N) is 1. The Kier molecular flexibility index (Phi) is 3.66. The topological polar surface area (TPSA) is 67.8 Å². The van der Waals surface area contributed by atoms with Gasteiger partial charge in [0.25, 0.3) is 0 Å². The van der Waals surface area contributed by atoms with Crippen molar-refractivity contribution in [2.24, 2.45) is 0 Å². The van der Waals surface area contributed by atoms with Gasteiger partial charge in [-0.05, 0) is 19.1 Å². The van der Waals surface area contributed by atoms with E-state index in [2.05, 4.69) is 5.32 Å². The molecule has 0 aromatic heterocycles. The fourth-order valence-electron chi connectivity index (χ4n) is 1.69. The molecule has 1 fully saturated rings. The Hall–Kier alpha value is -1.82. The zero-order valence-corrected chi connectivity index (χ0v) is 9.85. The second-order valence-corrected chi connectivity index (χ2v) is 4.08. The highest BCUT2D eigenvalue weighted by molar-refractivity contribution is 5.69. The highest BCUT2D eigenvalue weighted by Crippen LogP contribution is 2.26. The Morgan fingerprint density at radius 2 is 2.44 bits per heavy atom. The maximum Gasteiger partial charge on any atom is 0.407 e. The highest BCUT2D eigenvalue weighted by Gasteiger charge is 2.23. The SMILES string of the molecule is C[C@H](O)c1ccc(F)cc1OCC1CNC(=O)O1. The van der Waals surface area contributed by atoms with Gasteiger partial charge < -0.3 is 19.9 Å². The zero-order chi connectivity index (χ0) is 13.1. The van der Waals surface area contributed by atoms with Crippen LogP contribution in [-0.4, -0.2) is 30.5 Å². The molecule has 6 heteroatoms. The number of hydrogen-bond acceptors (Lipinski definition) is 4. The van der Waals surface area contributed by atoms with Crippen LogP contribution in [0.5, 0.6) is 5.75 Å². The third kappa shape index (κ3) is 2.89. The van der Waals surface area contributed by atoms with Gasteiger partial charge in [0.1, 0.15) is 18.2 Å². The van der Waals surface area contributed by atoms with E-state index in [1.54, 1.807) is 6.92 Å². The van der Waals surface area contributed by atoms with Crippen LogP contribution in [0.25, 0.3) is 0 Å². The minimum Gasteiger partial charge on any atom is -0.489 e. The van der Waals surface area contributed by atoms with E-state index < -0.39 is 24.1 Å². The molecule has 1 unspecified atom stereocenters. The predicted octanol–water partition coefficient (Wildman–Crippen LogP) is 1.37. The number of hydrogen-bond donors (Lipinski definition) is 2. The van der Waals surface area contributed by atoms with E-state index in [1.165, 1.54) is 18.2 Å². The lowest BCUT2D eigenvalue weighted by molar-refractivity contribution is 0.102. The molecular weight excluding hydrogens is 241 g/mol. The molecule has 18 heavy (non-hydrogen) atoms. The summed E-state index contributed by atoms with van der Waals surface area (Å²) in [6.45, 7) is 2.04. The fourth-order valence-corrected chi connectivity index (χ4v) is 1.69. The normalized spacial score (nSPS) is 20.2. The zero-order valence-electron chi connectivity index (χ0n) is 9.85. The number of rotatable bonds is 4. The molecule has 0 saturated carbocycles. The van der Waals surface area contributed by atoms with Crippen LogP contribution in [0.2, 0.25) is 0 Å². The van der Waals surface area contributed by atoms with Gasteiger partial charge in [-0.25, -0.2) is 9.18 Å². The molecule has 2 N–H and O–H groups in total. The molecule has 1 heterocycles. The lowest BCUT2D eigenvalue weighted by Gasteiger charge is -2.15. The minimum atomic E-state index is -0.759. The van der Waals surface area contributed by atoms with Crippen molar-refractivity contribution in [1.82, 2.24) is 5.32 Å². The van der Waals surface area contributed by atoms with Crippen LogP contribution < -0.4 is 10.1 Å². The number of carbonyl (C=O) groups excluding carboxylic acids is 1. The number of ether oxygens (including phenoxy) is 2. The average Bonchev–Trinajstić information content (AvgIpc) is 2.72. The number of halogens is 1. The predicted molar refractivity (Wildman–Crippen MR) is 60.8 cm³/mol. The Morgan fingerprint density at radius 3 is 3.06 bits per heavy atom. The smallest absolute Gasteiger partial charge is 0.407 e. The van der Waals surface area contributed by atoms with Gasteiger partial charge in [-0.3, -0.25) is 0 Å². The molecule has 0 spiro atoms. The van der Waals surface area contributed by atoms with Crippen molar-refractivity contribution in [3.05, 3.63) is 29.6 Å². The van der Waals surface area contributed by atoms with Crippen molar-refractivity contribution < 1.29 is 23.8 Å². The van der Waals surface area contributed by atoms with E-state index in [0.29, 0.717) is 12.1 Å². The Labute approximate surface area is 104 Å². The van der Waals surface area contributed by atoms with Gasteiger partial charge in [0, 0.05) is 11.6 Å². The molecule has 1 aliphatic heterocycles. The Balaban J connectivity index is 2.03. The van der Waals surface area contributed by atoms with Crippen molar-refractivity contribution in [2.45, 2.75) is 19.1 Å². The molecule has 1 aliphatic rings. The van der Waals surface area contributed by atoms with Crippen molar-refractivity contribution >= 4 is 6.09 Å². The van der Waals surface area contributed by atoms with E-state index in [1.807, 2.05) is 0 Å². The summed E-state index contributed by atoms with van der Waals surface area (Å²) in [4.78, 5) is 10.8. The quantitative estimate of drug-likeness (QED) is 0.852. The lowest BCUT2D eigenvalue weighted by Crippen LogP contribution is -2.22. The largest absolute Gasteiger partial charge is 0.489 e. The molecule has 5 nitrogen and oxygen atoms in total. The first-order valence-corrected chi connectivity index (χ1v) is 5.61. The van der Waals surface area contributed by atoms with Gasteiger partial charge in [0.15, 0.2) is 6.10 Å². The molecule has 0 bridgehead atoms. The maximum atomic E-state index is 13.1. The number of alkyl carbamates (subject to hydrolysis) is 1. The summed E-state index contributed by atoms with van der Waals surface area (Å²) in [7, 11) is 0. The van der Waals surface area contributed by atoms with Crippen LogP contribution in [0.3, 0.4) is 0 Å². The number of benzene rings is 1. The Morgan fingerprint density at radius 1 is 1.67 bits per heavy atom. The van der Waals surface area contributed by atoms with Crippen molar-refractivity contribution in [3.63, 3.8) is 0 Å². The first kappa shape index (κ1) is 12.6. The van der Waals surface area contributed by atoms with Crippen LogP contribution in [0, 0.1) is 5.82 Å². The van der Waals surface area contributed by atoms with Crippen LogP contribution >= 0.6 is 0 Å². The summed E-state index contributed by atoms with van der Waals surface area (Å²) in [5.74, 6) is -0.191. The van der Waals surface area contributed by atoms with Crippen LogP contribution in [0.1, 0.15) is 18.6 Å². The molecule has 0 radical (unpaired) electrons. The van der Waals surface area contributed by atoms with Crippen LogP contribution in [-0.2, 0) is 4.74 Å². The molecule has 1 aromatic carbocycles. The average molecular weight is 255 g/mol. The summed E-state index contributed by atoms with van der Waals surface area (Å²) < 4.78 is 23.4. The van der Waals surface area contributed by atoms with Gasteiger partial charge in [0.2, 0.25) is 0 Å². The molecule has 2 atom stereocenters. The molecule has 1 aromatic rings. The third-order valence-corrected chi connectivity index (χ3v) is 2.60. The molecule has 98 valence electrons. The monoisotopic (exact) mass is 255 g/mol. The number of amides is 1. The molecule has 2 rings (SSSR count). The van der Waals surface area contributed by atoms with Gasteiger partial charge in [0.05, 0.1) is 12.6 Å². The fraction of sp³-hybridized carbons (Fsp3) is 0.417. The summed E-state index contributed by atoms with van der Waals surface area (Å²) in [6.07, 6.45) is -1.65. The highest BCUT2D eigenvalue weighted by atomic mass is 19.1. The van der Waals surface area contributed by atoms with Crippen molar-refractivity contribution in [3.8, 4) is 5.75 Å². The van der Waals surface area contributed by atoms with E-state index in [4.69, 9.17) is 9.47 Å². The Bertz CT molecular complexity index is 450. The number of cyclic esters (lactones) is 1. The third-order valence-electron chi connectivity index (χ3n) is 2.60. The van der Waals surface area contributed by atoms with Gasteiger partial charge in [-0.15, -0.1) is 0 Å². The van der Waals surface area contributed by atoms with E-state index in [0.717, 1.165) is 0 Å². The van der Waals surface area contributed by atoms with Gasteiger partial charge >= 0.3 is 6.09 Å². The molecule has 1 saturated heterocycles. The first-order valence-electron chi connectivity index (χ1n) is 5.61.